The molecule has 1 saturated heterocycles. The fourth-order valence-electron chi connectivity index (χ4n) is 6.26. The average molecular weight is 643 g/mol. The highest BCUT2D eigenvalue weighted by Crippen LogP contribution is 2.53. The smallest absolute Gasteiger partial charge is 0.409 e. The van der Waals surface area contributed by atoms with E-state index in [9.17, 15) is 24.3 Å². The summed E-state index contributed by atoms with van der Waals surface area (Å²) >= 11 is 0. The summed E-state index contributed by atoms with van der Waals surface area (Å²) in [6, 6.07) is 18.8. The van der Waals surface area contributed by atoms with Crippen molar-refractivity contribution in [3.63, 3.8) is 0 Å². The van der Waals surface area contributed by atoms with Crippen LogP contribution in [0.2, 0.25) is 0 Å². The predicted molar refractivity (Wildman–Crippen MR) is 175 cm³/mol. The molecule has 3 aromatic rings. The number of carbonyl (C=O) groups excluding carboxylic acids is 3. The number of nitrogens with zero attached hydrogens (tertiary/aromatic N) is 3. The van der Waals surface area contributed by atoms with Crippen LogP contribution in [0, 0.1) is 0 Å². The number of pyridine rings is 1. The number of nitrogens with one attached hydrogen (secondary N) is 1. The molecule has 2 N–H and O–H groups in total. The molecule has 2 aliphatic rings. The van der Waals surface area contributed by atoms with Gasteiger partial charge in [-0.15, -0.1) is 0 Å². The Morgan fingerprint density at radius 2 is 1.62 bits per heavy atom. The van der Waals surface area contributed by atoms with E-state index < -0.39 is 24.0 Å². The lowest BCUT2D eigenvalue weighted by Crippen LogP contribution is -2.56. The van der Waals surface area contributed by atoms with Gasteiger partial charge in [0.05, 0.1) is 24.0 Å². The molecule has 0 bridgehead atoms. The molecule has 0 spiro atoms. The lowest BCUT2D eigenvalue weighted by atomic mass is 9.91. The fourth-order valence-corrected chi connectivity index (χ4v) is 6.26. The highest BCUT2D eigenvalue weighted by Gasteiger charge is 2.55. The zero-order valence-electron chi connectivity index (χ0n) is 27.1. The Labute approximate surface area is 274 Å². The van der Waals surface area contributed by atoms with Crippen molar-refractivity contribution in [2.45, 2.75) is 57.6 Å². The van der Waals surface area contributed by atoms with Gasteiger partial charge >= 0.3 is 12.1 Å². The number of hydrogen-bond acceptors (Lipinski definition) is 7. The van der Waals surface area contributed by atoms with Gasteiger partial charge in [0.25, 0.3) is 5.91 Å². The lowest BCUT2D eigenvalue weighted by Gasteiger charge is -2.36. The molecule has 2 fully saturated rings. The number of aromatic carboxylic acids is 1. The van der Waals surface area contributed by atoms with Crippen LogP contribution >= 0.6 is 0 Å². The summed E-state index contributed by atoms with van der Waals surface area (Å²) in [5.41, 5.74) is 3.28. The zero-order chi connectivity index (χ0) is 33.6. The normalized spacial score (nSPS) is 19.5. The van der Waals surface area contributed by atoms with Crippen LogP contribution in [0.5, 0.6) is 0 Å². The van der Waals surface area contributed by atoms with Gasteiger partial charge in [-0.05, 0) is 62.1 Å². The number of rotatable bonds is 12. The van der Waals surface area contributed by atoms with E-state index in [1.807, 2.05) is 49.4 Å². The van der Waals surface area contributed by atoms with Gasteiger partial charge in [0.15, 0.2) is 0 Å². The number of amides is 3. The molecule has 1 saturated carbocycles. The van der Waals surface area contributed by atoms with Crippen molar-refractivity contribution >= 4 is 23.9 Å². The Hall–Kier alpha value is -4.77. The molecular formula is C36H42N4O7. The molecule has 2 aromatic carbocycles. The molecule has 1 aliphatic carbocycles. The Balaban J connectivity index is 1.44. The van der Waals surface area contributed by atoms with E-state index in [1.54, 1.807) is 28.9 Å². The van der Waals surface area contributed by atoms with Crippen molar-refractivity contribution in [1.82, 2.24) is 20.1 Å². The summed E-state index contributed by atoms with van der Waals surface area (Å²) in [7, 11) is 0. The first-order valence-electron chi connectivity index (χ1n) is 16.2. The fraction of sp³-hybridized carbons (Fsp3) is 0.417. The topological polar surface area (TPSA) is 138 Å². The largest absolute Gasteiger partial charge is 0.478 e. The van der Waals surface area contributed by atoms with E-state index >= 15 is 0 Å². The van der Waals surface area contributed by atoms with Crippen molar-refractivity contribution in [1.29, 1.82) is 0 Å². The van der Waals surface area contributed by atoms with Crippen LogP contribution in [0.4, 0.5) is 4.79 Å². The molecule has 3 atom stereocenters. The molecule has 248 valence electrons. The first kappa shape index (κ1) is 33.6. The monoisotopic (exact) mass is 642 g/mol. The van der Waals surface area contributed by atoms with Crippen molar-refractivity contribution < 1.29 is 33.8 Å². The Bertz CT molecular complexity index is 1590. The number of ether oxygens (including phenoxy) is 2. The summed E-state index contributed by atoms with van der Waals surface area (Å²) in [6.45, 7) is 7.88. The molecule has 3 amide bonds. The number of carbonyl (C=O) groups is 4. The van der Waals surface area contributed by atoms with Crippen molar-refractivity contribution in [3.05, 3.63) is 89.1 Å². The summed E-state index contributed by atoms with van der Waals surface area (Å²) in [5.74, 6) is -1.84. The molecule has 11 heteroatoms. The third-order valence-corrected chi connectivity index (χ3v) is 9.07. The van der Waals surface area contributed by atoms with E-state index in [1.165, 1.54) is 12.1 Å². The summed E-state index contributed by atoms with van der Waals surface area (Å²) < 4.78 is 11.1. The van der Waals surface area contributed by atoms with Crippen LogP contribution in [0.15, 0.2) is 66.7 Å². The van der Waals surface area contributed by atoms with Crippen LogP contribution in [0.3, 0.4) is 0 Å². The number of hydrogen-bond donors (Lipinski definition) is 2. The first-order chi connectivity index (χ1) is 22.7. The summed E-state index contributed by atoms with van der Waals surface area (Å²) in [4.78, 5) is 59.6. The number of benzene rings is 2. The maximum Gasteiger partial charge on any atom is 0.409 e. The van der Waals surface area contributed by atoms with E-state index in [4.69, 9.17) is 14.5 Å². The van der Waals surface area contributed by atoms with E-state index in [-0.39, 0.29) is 54.8 Å². The Morgan fingerprint density at radius 1 is 0.936 bits per heavy atom. The van der Waals surface area contributed by atoms with Gasteiger partial charge in [-0.2, -0.15) is 0 Å². The standard InChI is InChI=1S/C36H42N4O7/c1-4-36(23-31(36)46-5-2)27-21-28(25-10-8-7-9-11-25)37-29(22-27)32(41)38-30(20-24-12-14-26(15-13-24)34(43)44)33(42)39-16-18-40(19-17-39)35(45)47-6-3/h7-15,21-22,30-31H,4-6,16-20,23H2,1-3H3,(H,38,41)(H,43,44). The quantitative estimate of drug-likeness (QED) is 0.294. The predicted octanol–water partition coefficient (Wildman–Crippen LogP) is 4.55. The number of carboxylic acids is 1. The van der Waals surface area contributed by atoms with Gasteiger partial charge < -0.3 is 29.7 Å². The summed E-state index contributed by atoms with van der Waals surface area (Å²) in [5, 5.41) is 12.3. The van der Waals surface area contributed by atoms with Gasteiger partial charge in [0.1, 0.15) is 11.7 Å². The number of aromatic nitrogens is 1. The van der Waals surface area contributed by atoms with Crippen LogP contribution < -0.4 is 5.32 Å². The van der Waals surface area contributed by atoms with Gasteiger partial charge in [-0.3, -0.25) is 9.59 Å². The molecule has 2 heterocycles. The number of piperazine rings is 1. The maximum atomic E-state index is 14.0. The van der Waals surface area contributed by atoms with E-state index in [0.717, 1.165) is 24.0 Å². The second kappa shape index (κ2) is 14.8. The second-order valence-electron chi connectivity index (χ2n) is 11.9. The van der Waals surface area contributed by atoms with E-state index in [0.29, 0.717) is 31.0 Å². The van der Waals surface area contributed by atoms with Gasteiger partial charge in [-0.25, -0.2) is 14.6 Å². The third-order valence-electron chi connectivity index (χ3n) is 9.07. The number of carboxylic acid groups (broad SMARTS) is 1. The minimum atomic E-state index is -1.05. The van der Waals surface area contributed by atoms with Crippen LogP contribution in [0.1, 0.15) is 65.6 Å². The minimum absolute atomic E-state index is 0.0517. The highest BCUT2D eigenvalue weighted by molar-refractivity contribution is 5.97. The highest BCUT2D eigenvalue weighted by atomic mass is 16.6. The Morgan fingerprint density at radius 3 is 2.23 bits per heavy atom. The molecule has 1 aliphatic heterocycles. The van der Waals surface area contributed by atoms with Crippen molar-refractivity contribution in [2.75, 3.05) is 39.4 Å². The van der Waals surface area contributed by atoms with Gasteiger partial charge in [0.2, 0.25) is 5.91 Å². The van der Waals surface area contributed by atoms with Crippen LogP contribution in [0.25, 0.3) is 11.3 Å². The molecule has 47 heavy (non-hydrogen) atoms. The first-order valence-corrected chi connectivity index (χ1v) is 16.2. The van der Waals surface area contributed by atoms with Crippen LogP contribution in [-0.2, 0) is 26.1 Å². The summed E-state index contributed by atoms with van der Waals surface area (Å²) in [6.07, 6.45) is 1.45. The van der Waals surface area contributed by atoms with Crippen molar-refractivity contribution in [2.24, 2.45) is 0 Å². The molecule has 1 aromatic heterocycles. The Kier molecular flexibility index (Phi) is 10.6. The van der Waals surface area contributed by atoms with Crippen molar-refractivity contribution in [3.8, 4) is 11.3 Å². The third kappa shape index (κ3) is 7.62. The van der Waals surface area contributed by atoms with E-state index in [2.05, 4.69) is 12.2 Å². The van der Waals surface area contributed by atoms with Crippen LogP contribution in [-0.4, -0.2) is 95.3 Å². The molecule has 5 rings (SSSR count). The molecular weight excluding hydrogens is 600 g/mol. The molecule has 3 unspecified atom stereocenters. The second-order valence-corrected chi connectivity index (χ2v) is 11.9. The maximum absolute atomic E-state index is 14.0. The molecule has 11 nitrogen and oxygen atoms in total. The van der Waals surface area contributed by atoms with Gasteiger partial charge in [-0.1, -0.05) is 49.4 Å². The molecule has 0 radical (unpaired) electrons. The average Bonchev–Trinajstić information content (AvgIpc) is 3.82. The SMILES string of the molecule is CCOC(=O)N1CCN(C(=O)C(Cc2ccc(C(=O)O)cc2)NC(=O)c2cc(C3(CC)CC3OCC)cc(-c3ccccc3)n2)CC1. The minimum Gasteiger partial charge on any atom is -0.478 e. The lowest BCUT2D eigenvalue weighted by molar-refractivity contribution is -0.134. The zero-order valence-corrected chi connectivity index (χ0v) is 27.1. The van der Waals surface area contributed by atoms with Gasteiger partial charge in [0, 0.05) is 50.2 Å².